The van der Waals surface area contributed by atoms with Crippen LogP contribution in [0.5, 0.6) is 0 Å². The largest absolute Gasteiger partial charge is 0.350 e. The van der Waals surface area contributed by atoms with Crippen LogP contribution in [0.1, 0.15) is 33.3 Å². The third-order valence-electron chi connectivity index (χ3n) is 3.31. The second-order valence-electron chi connectivity index (χ2n) is 6.14. The fraction of sp³-hybridized carbons (Fsp3) is 0.625. The molecule has 2 rings (SSSR count). The van der Waals surface area contributed by atoms with Crippen LogP contribution in [-0.2, 0) is 14.9 Å². The van der Waals surface area contributed by atoms with E-state index in [4.69, 9.17) is 9.47 Å². The number of hydrogen-bond donors (Lipinski definition) is 0. The van der Waals surface area contributed by atoms with Crippen LogP contribution in [0.4, 0.5) is 0 Å². The summed E-state index contributed by atoms with van der Waals surface area (Å²) in [6, 6.07) is 8.69. The Morgan fingerprint density at radius 3 is 2.47 bits per heavy atom. The molecule has 1 aliphatic heterocycles. The Morgan fingerprint density at radius 1 is 1.21 bits per heavy atom. The molecule has 0 amide bonds. The van der Waals surface area contributed by atoms with Gasteiger partial charge in [-0.05, 0) is 17.0 Å². The average Bonchev–Trinajstić information content (AvgIpc) is 2.89. The van der Waals surface area contributed by atoms with Crippen molar-refractivity contribution < 1.29 is 9.47 Å². The molecule has 1 saturated heterocycles. The molecule has 3 heteroatoms. The van der Waals surface area contributed by atoms with Crippen molar-refractivity contribution in [1.82, 2.24) is 0 Å². The second kappa shape index (κ2) is 6.29. The summed E-state index contributed by atoms with van der Waals surface area (Å²) >= 11 is 1.91. The fourth-order valence-corrected chi connectivity index (χ4v) is 3.52. The highest BCUT2D eigenvalue weighted by Crippen LogP contribution is 2.33. The third kappa shape index (κ3) is 3.98. The highest BCUT2D eigenvalue weighted by molar-refractivity contribution is 7.99. The van der Waals surface area contributed by atoms with Crippen molar-refractivity contribution >= 4 is 11.8 Å². The van der Waals surface area contributed by atoms with Gasteiger partial charge in [-0.3, -0.25) is 0 Å². The minimum atomic E-state index is -0.0192. The minimum absolute atomic E-state index is 0.0192. The van der Waals surface area contributed by atoms with E-state index in [0.717, 1.165) is 19.0 Å². The number of rotatable bonds is 4. The molecule has 0 saturated carbocycles. The van der Waals surface area contributed by atoms with Gasteiger partial charge in [0.2, 0.25) is 0 Å². The van der Waals surface area contributed by atoms with Gasteiger partial charge in [0.15, 0.2) is 6.29 Å². The van der Waals surface area contributed by atoms with Gasteiger partial charge in [0, 0.05) is 16.6 Å². The summed E-state index contributed by atoms with van der Waals surface area (Å²) in [6.07, 6.45) is -0.0192. The molecule has 19 heavy (non-hydrogen) atoms. The summed E-state index contributed by atoms with van der Waals surface area (Å²) < 4.78 is 11.1. The van der Waals surface area contributed by atoms with Gasteiger partial charge in [0.05, 0.1) is 13.2 Å². The van der Waals surface area contributed by atoms with E-state index in [1.807, 2.05) is 11.8 Å². The molecule has 1 heterocycles. The highest BCUT2D eigenvalue weighted by Gasteiger charge is 2.24. The maximum absolute atomic E-state index is 5.57. The van der Waals surface area contributed by atoms with E-state index in [2.05, 4.69) is 52.0 Å². The van der Waals surface area contributed by atoms with E-state index in [1.54, 1.807) is 0 Å². The lowest BCUT2D eigenvalue weighted by molar-refractivity contribution is -0.0719. The first-order valence-corrected chi connectivity index (χ1v) is 7.92. The molecule has 0 N–H and O–H groups in total. The van der Waals surface area contributed by atoms with Gasteiger partial charge in [-0.15, -0.1) is 11.8 Å². The van der Waals surface area contributed by atoms with Crippen molar-refractivity contribution in [2.24, 2.45) is 5.92 Å². The van der Waals surface area contributed by atoms with Crippen molar-refractivity contribution in [3.05, 3.63) is 29.8 Å². The van der Waals surface area contributed by atoms with Crippen molar-refractivity contribution in [2.45, 2.75) is 44.3 Å². The number of ether oxygens (including phenoxy) is 2. The van der Waals surface area contributed by atoms with Crippen LogP contribution in [0.2, 0.25) is 0 Å². The zero-order valence-electron chi connectivity index (χ0n) is 12.3. The van der Waals surface area contributed by atoms with Gasteiger partial charge in [-0.25, -0.2) is 0 Å². The second-order valence-corrected chi connectivity index (χ2v) is 7.21. The monoisotopic (exact) mass is 280 g/mol. The van der Waals surface area contributed by atoms with E-state index in [0.29, 0.717) is 5.92 Å². The average molecular weight is 280 g/mol. The van der Waals surface area contributed by atoms with Gasteiger partial charge >= 0.3 is 0 Å². The Hall–Kier alpha value is -0.510. The predicted molar refractivity (Wildman–Crippen MR) is 80.7 cm³/mol. The molecule has 0 aromatic heterocycles. The quantitative estimate of drug-likeness (QED) is 0.774. The van der Waals surface area contributed by atoms with Crippen LogP contribution in [0.25, 0.3) is 0 Å². The van der Waals surface area contributed by atoms with Crippen molar-refractivity contribution in [3.8, 4) is 0 Å². The smallest absolute Gasteiger partial charge is 0.161 e. The van der Waals surface area contributed by atoms with E-state index >= 15 is 0 Å². The van der Waals surface area contributed by atoms with Gasteiger partial charge in [-0.1, -0.05) is 45.9 Å². The summed E-state index contributed by atoms with van der Waals surface area (Å²) in [7, 11) is 0. The maximum Gasteiger partial charge on any atom is 0.161 e. The molecule has 0 radical (unpaired) electrons. The molecule has 0 bridgehead atoms. The Kier molecular flexibility index (Phi) is 4.93. The summed E-state index contributed by atoms with van der Waals surface area (Å²) in [4.78, 5) is 1.37. The summed E-state index contributed by atoms with van der Waals surface area (Å²) in [6.45, 7) is 10.5. The van der Waals surface area contributed by atoms with Gasteiger partial charge in [0.1, 0.15) is 0 Å². The van der Waals surface area contributed by atoms with Crippen LogP contribution in [0.15, 0.2) is 29.2 Å². The van der Waals surface area contributed by atoms with Crippen molar-refractivity contribution in [1.29, 1.82) is 0 Å². The third-order valence-corrected chi connectivity index (χ3v) is 4.67. The SMILES string of the molecule is CC(CSc1ccccc1C(C)(C)C)C1OCCO1. The first-order chi connectivity index (χ1) is 8.98. The van der Waals surface area contributed by atoms with Crippen LogP contribution in [0, 0.1) is 5.92 Å². The zero-order chi connectivity index (χ0) is 13.9. The lowest BCUT2D eigenvalue weighted by Gasteiger charge is -2.24. The van der Waals surface area contributed by atoms with Crippen LogP contribution in [0.3, 0.4) is 0 Å². The normalized spacial score (nSPS) is 18.7. The first kappa shape index (κ1) is 14.9. The number of hydrogen-bond acceptors (Lipinski definition) is 3. The molecule has 106 valence electrons. The van der Waals surface area contributed by atoms with E-state index in [-0.39, 0.29) is 11.7 Å². The number of benzene rings is 1. The predicted octanol–water partition coefficient (Wildman–Crippen LogP) is 4.09. The minimum Gasteiger partial charge on any atom is -0.350 e. The maximum atomic E-state index is 5.57. The summed E-state index contributed by atoms with van der Waals surface area (Å²) in [5, 5.41) is 0. The lowest BCUT2D eigenvalue weighted by Crippen LogP contribution is -2.21. The van der Waals surface area contributed by atoms with Crippen LogP contribution >= 0.6 is 11.8 Å². The molecular formula is C16H24O2S. The summed E-state index contributed by atoms with van der Waals surface area (Å²) in [5.74, 6) is 1.44. The van der Waals surface area contributed by atoms with Crippen LogP contribution in [-0.4, -0.2) is 25.3 Å². The molecule has 0 spiro atoms. The van der Waals surface area contributed by atoms with Crippen molar-refractivity contribution in [2.75, 3.05) is 19.0 Å². The molecule has 0 aliphatic carbocycles. The molecule has 1 atom stereocenters. The first-order valence-electron chi connectivity index (χ1n) is 6.94. The molecule has 1 fully saturated rings. The standard InChI is InChI=1S/C16H24O2S/c1-12(15-17-9-10-18-15)11-19-14-8-6-5-7-13(14)16(2,3)4/h5-8,12,15H,9-11H2,1-4H3. The van der Waals surface area contributed by atoms with Gasteiger partial charge in [-0.2, -0.15) is 0 Å². The molecule has 1 unspecified atom stereocenters. The topological polar surface area (TPSA) is 18.5 Å². The van der Waals surface area contributed by atoms with E-state index < -0.39 is 0 Å². The van der Waals surface area contributed by atoms with Gasteiger partial charge < -0.3 is 9.47 Å². The highest BCUT2D eigenvalue weighted by atomic mass is 32.2. The Morgan fingerprint density at radius 2 is 1.84 bits per heavy atom. The fourth-order valence-electron chi connectivity index (χ4n) is 2.22. The Bertz CT molecular complexity index is 405. The van der Waals surface area contributed by atoms with E-state index in [9.17, 15) is 0 Å². The van der Waals surface area contributed by atoms with Crippen LogP contribution < -0.4 is 0 Å². The molecule has 1 aromatic rings. The van der Waals surface area contributed by atoms with Gasteiger partial charge in [0.25, 0.3) is 0 Å². The molecule has 2 nitrogen and oxygen atoms in total. The van der Waals surface area contributed by atoms with Crippen molar-refractivity contribution in [3.63, 3.8) is 0 Å². The molecule has 1 aliphatic rings. The summed E-state index contributed by atoms with van der Waals surface area (Å²) in [5.41, 5.74) is 1.60. The lowest BCUT2D eigenvalue weighted by atomic mass is 9.87. The molecular weight excluding hydrogens is 256 g/mol. The number of thioether (sulfide) groups is 1. The Balaban J connectivity index is 1.99. The zero-order valence-corrected chi connectivity index (χ0v) is 13.1. The van der Waals surface area contributed by atoms with E-state index in [1.165, 1.54) is 10.5 Å². The Labute approximate surface area is 120 Å². The molecule has 1 aromatic carbocycles.